The monoisotopic (exact) mass is 329 g/mol. The maximum Gasteiger partial charge on any atom is 0.336 e. The van der Waals surface area contributed by atoms with Gasteiger partial charge in [-0.1, -0.05) is 18.6 Å². The highest BCUT2D eigenvalue weighted by Gasteiger charge is 2.33. The molecule has 2 aliphatic rings. The molecule has 1 aromatic heterocycles. The Kier molecular flexibility index (Phi) is 4.39. The number of nitrogens with zero attached hydrogens (tertiary/aromatic N) is 1. The number of hydrogen-bond donors (Lipinski definition) is 0. The molecule has 2 aromatic rings. The average molecular weight is 329 g/mol. The topological polar surface area (TPSA) is 51.9 Å². The molecule has 0 N–H and O–H groups in total. The van der Waals surface area contributed by atoms with Crippen LogP contribution in [0.4, 0.5) is 0 Å². The Morgan fingerprint density at radius 1 is 1.17 bits per heavy atom. The quantitative estimate of drug-likeness (QED) is 0.811. The standard InChI is InChI=1S/C19H23NO4/c1-13-5-6-15-14(11-18(21)24-17(15)10-13)12-20-7-3-2-4-16(20)19-22-8-9-23-19/h5-6,10-11,16,19H,2-4,7-9,12H2,1H3. The van der Waals surface area contributed by atoms with Crippen LogP contribution in [-0.4, -0.2) is 37.0 Å². The Hall–Kier alpha value is -1.69. The van der Waals surface area contributed by atoms with Crippen molar-refractivity contribution in [3.8, 4) is 0 Å². The normalized spacial score (nSPS) is 23.1. The summed E-state index contributed by atoms with van der Waals surface area (Å²) in [6, 6.07) is 7.92. The van der Waals surface area contributed by atoms with Crippen LogP contribution in [0.1, 0.15) is 30.4 Å². The molecule has 0 saturated carbocycles. The van der Waals surface area contributed by atoms with Gasteiger partial charge in [0.1, 0.15) is 5.58 Å². The van der Waals surface area contributed by atoms with E-state index in [0.717, 1.165) is 36.0 Å². The molecule has 5 nitrogen and oxygen atoms in total. The van der Waals surface area contributed by atoms with Gasteiger partial charge in [-0.05, 0) is 43.5 Å². The van der Waals surface area contributed by atoms with Crippen LogP contribution in [0.2, 0.25) is 0 Å². The number of likely N-dealkylation sites (tertiary alicyclic amines) is 1. The van der Waals surface area contributed by atoms with Crippen LogP contribution in [0.5, 0.6) is 0 Å². The predicted molar refractivity (Wildman–Crippen MR) is 91.0 cm³/mol. The van der Waals surface area contributed by atoms with Crippen LogP contribution in [0.25, 0.3) is 11.0 Å². The summed E-state index contributed by atoms with van der Waals surface area (Å²) in [7, 11) is 0. The van der Waals surface area contributed by atoms with E-state index >= 15 is 0 Å². The van der Waals surface area contributed by atoms with Gasteiger partial charge in [0.05, 0.1) is 19.3 Å². The number of ether oxygens (including phenoxy) is 2. The zero-order valence-electron chi connectivity index (χ0n) is 14.0. The van der Waals surface area contributed by atoms with Crippen molar-refractivity contribution >= 4 is 11.0 Å². The van der Waals surface area contributed by atoms with Crippen molar-refractivity contribution in [3.05, 3.63) is 45.8 Å². The summed E-state index contributed by atoms with van der Waals surface area (Å²) < 4.78 is 16.9. The van der Waals surface area contributed by atoms with Crippen LogP contribution < -0.4 is 5.63 Å². The Labute approximate surface area is 141 Å². The van der Waals surface area contributed by atoms with Crippen molar-refractivity contribution in [1.29, 1.82) is 0 Å². The first-order valence-electron chi connectivity index (χ1n) is 8.71. The summed E-state index contributed by atoms with van der Waals surface area (Å²) in [5.74, 6) is 0. The lowest BCUT2D eigenvalue weighted by Crippen LogP contribution is -2.46. The first-order chi connectivity index (χ1) is 11.7. The van der Waals surface area contributed by atoms with E-state index in [9.17, 15) is 4.79 Å². The first-order valence-corrected chi connectivity index (χ1v) is 8.71. The van der Waals surface area contributed by atoms with Gasteiger partial charge in [0.25, 0.3) is 0 Å². The fourth-order valence-corrected chi connectivity index (χ4v) is 3.81. The van der Waals surface area contributed by atoms with Crippen LogP contribution in [-0.2, 0) is 16.0 Å². The van der Waals surface area contributed by atoms with Gasteiger partial charge in [-0.25, -0.2) is 4.79 Å². The van der Waals surface area contributed by atoms with Crippen molar-refractivity contribution in [3.63, 3.8) is 0 Å². The minimum atomic E-state index is -0.287. The average Bonchev–Trinajstić information content (AvgIpc) is 3.09. The molecule has 0 amide bonds. The number of hydrogen-bond acceptors (Lipinski definition) is 5. The Balaban J connectivity index is 1.65. The zero-order chi connectivity index (χ0) is 16.5. The van der Waals surface area contributed by atoms with Crippen LogP contribution in [0.3, 0.4) is 0 Å². The maximum absolute atomic E-state index is 12.0. The largest absolute Gasteiger partial charge is 0.423 e. The van der Waals surface area contributed by atoms with Crippen molar-refractivity contribution in [2.24, 2.45) is 0 Å². The molecule has 0 aliphatic carbocycles. The smallest absolute Gasteiger partial charge is 0.336 e. The lowest BCUT2D eigenvalue weighted by molar-refractivity contribution is -0.111. The Morgan fingerprint density at radius 3 is 2.83 bits per heavy atom. The fraction of sp³-hybridized carbons (Fsp3) is 0.526. The molecule has 3 heterocycles. The van der Waals surface area contributed by atoms with E-state index in [1.807, 2.05) is 19.1 Å². The SMILES string of the molecule is Cc1ccc2c(CN3CCCCC3C3OCCO3)cc(=O)oc2c1. The summed E-state index contributed by atoms with van der Waals surface area (Å²) in [5, 5.41) is 1.01. The highest BCUT2D eigenvalue weighted by Crippen LogP contribution is 2.27. The van der Waals surface area contributed by atoms with Crippen LogP contribution in [0, 0.1) is 6.92 Å². The molecule has 1 atom stereocenters. The van der Waals surface area contributed by atoms with Crippen molar-refractivity contribution in [2.75, 3.05) is 19.8 Å². The number of benzene rings is 1. The zero-order valence-corrected chi connectivity index (χ0v) is 14.0. The second kappa shape index (κ2) is 6.67. The molecule has 0 bridgehead atoms. The van der Waals surface area contributed by atoms with Gasteiger partial charge in [-0.2, -0.15) is 0 Å². The van der Waals surface area contributed by atoms with Gasteiger partial charge in [-0.15, -0.1) is 0 Å². The van der Waals surface area contributed by atoms with E-state index < -0.39 is 0 Å². The van der Waals surface area contributed by atoms with E-state index in [2.05, 4.69) is 11.0 Å². The van der Waals surface area contributed by atoms with Gasteiger partial charge in [0.15, 0.2) is 6.29 Å². The van der Waals surface area contributed by atoms with Gasteiger partial charge in [-0.3, -0.25) is 4.90 Å². The van der Waals surface area contributed by atoms with Gasteiger partial charge in [0, 0.05) is 18.0 Å². The Morgan fingerprint density at radius 2 is 2.00 bits per heavy atom. The highest BCUT2D eigenvalue weighted by molar-refractivity contribution is 5.80. The number of aryl methyl sites for hydroxylation is 1. The minimum Gasteiger partial charge on any atom is -0.423 e. The molecule has 24 heavy (non-hydrogen) atoms. The molecule has 2 fully saturated rings. The summed E-state index contributed by atoms with van der Waals surface area (Å²) in [6.45, 7) is 5.07. The van der Waals surface area contributed by atoms with Crippen molar-refractivity contribution in [2.45, 2.75) is 45.1 Å². The number of piperidine rings is 1. The molecule has 4 rings (SSSR count). The molecular formula is C19H23NO4. The van der Waals surface area contributed by atoms with Gasteiger partial charge >= 0.3 is 5.63 Å². The van der Waals surface area contributed by atoms with Gasteiger partial charge in [0.2, 0.25) is 0 Å². The van der Waals surface area contributed by atoms with E-state index in [-0.39, 0.29) is 18.0 Å². The Bertz CT molecular complexity index is 779. The van der Waals surface area contributed by atoms with Crippen LogP contribution in [0.15, 0.2) is 33.5 Å². The molecule has 1 aromatic carbocycles. The lowest BCUT2D eigenvalue weighted by Gasteiger charge is -2.38. The minimum absolute atomic E-state index is 0.140. The van der Waals surface area contributed by atoms with E-state index in [0.29, 0.717) is 18.8 Å². The summed E-state index contributed by atoms with van der Waals surface area (Å²) >= 11 is 0. The van der Waals surface area contributed by atoms with Crippen molar-refractivity contribution in [1.82, 2.24) is 4.90 Å². The highest BCUT2D eigenvalue weighted by atomic mass is 16.7. The fourth-order valence-electron chi connectivity index (χ4n) is 3.81. The molecule has 5 heteroatoms. The number of rotatable bonds is 3. The molecular weight excluding hydrogens is 306 g/mol. The summed E-state index contributed by atoms with van der Waals surface area (Å²) in [4.78, 5) is 14.4. The number of fused-ring (bicyclic) bond motifs is 1. The molecule has 0 radical (unpaired) electrons. The van der Waals surface area contributed by atoms with E-state index in [1.54, 1.807) is 6.07 Å². The second-order valence-electron chi connectivity index (χ2n) is 6.73. The van der Waals surface area contributed by atoms with Crippen LogP contribution >= 0.6 is 0 Å². The predicted octanol–water partition coefficient (Wildman–Crippen LogP) is 2.83. The third-order valence-corrected chi connectivity index (χ3v) is 4.99. The third kappa shape index (κ3) is 3.11. The summed E-state index contributed by atoms with van der Waals surface area (Å²) in [6.07, 6.45) is 3.30. The summed E-state index contributed by atoms with van der Waals surface area (Å²) in [5.41, 5.74) is 2.49. The first kappa shape index (κ1) is 15.8. The molecule has 1 unspecified atom stereocenters. The maximum atomic E-state index is 12.0. The molecule has 0 spiro atoms. The lowest BCUT2D eigenvalue weighted by atomic mass is 9.99. The van der Waals surface area contributed by atoms with E-state index in [1.165, 1.54) is 12.8 Å². The van der Waals surface area contributed by atoms with Crippen molar-refractivity contribution < 1.29 is 13.9 Å². The molecule has 2 aliphatic heterocycles. The molecule has 2 saturated heterocycles. The second-order valence-corrected chi connectivity index (χ2v) is 6.73. The molecule has 128 valence electrons. The van der Waals surface area contributed by atoms with E-state index in [4.69, 9.17) is 13.9 Å². The van der Waals surface area contributed by atoms with Gasteiger partial charge < -0.3 is 13.9 Å². The third-order valence-electron chi connectivity index (χ3n) is 4.99.